The van der Waals surface area contributed by atoms with E-state index >= 15 is 0 Å². The Morgan fingerprint density at radius 3 is 2.55 bits per heavy atom. The fourth-order valence-electron chi connectivity index (χ4n) is 1.63. The summed E-state index contributed by atoms with van der Waals surface area (Å²) in [6.07, 6.45) is 0.285. The van der Waals surface area contributed by atoms with Crippen molar-refractivity contribution < 1.29 is 19.5 Å². The number of carboxylic acids is 1. The Bertz CT molecular complexity index is 514. The summed E-state index contributed by atoms with van der Waals surface area (Å²) in [6, 6.07) is 6.04. The van der Waals surface area contributed by atoms with Crippen molar-refractivity contribution in [1.29, 1.82) is 0 Å². The number of rotatable bonds is 6. The number of hydrogen-bond acceptors (Lipinski definition) is 3. The van der Waals surface area contributed by atoms with E-state index < -0.39 is 17.9 Å². The first-order valence-electron chi connectivity index (χ1n) is 6.31. The van der Waals surface area contributed by atoms with Crippen molar-refractivity contribution in [3.8, 4) is 0 Å². The van der Waals surface area contributed by atoms with Crippen LogP contribution in [0.15, 0.2) is 24.3 Å². The minimum atomic E-state index is -1.09. The number of carbonyl (C=O) groups is 3. The molecule has 0 aliphatic heterocycles. The van der Waals surface area contributed by atoms with Crippen LogP contribution in [0.2, 0.25) is 0 Å². The zero-order chi connectivity index (χ0) is 15.1. The number of nitrogens with one attached hydrogen (secondary N) is 2. The second kappa shape index (κ2) is 7.28. The molecule has 20 heavy (non-hydrogen) atoms. The van der Waals surface area contributed by atoms with E-state index in [1.165, 1.54) is 0 Å². The first-order chi connectivity index (χ1) is 9.43. The molecule has 6 heteroatoms. The van der Waals surface area contributed by atoms with Gasteiger partial charge in [0, 0.05) is 5.56 Å². The van der Waals surface area contributed by atoms with Crippen molar-refractivity contribution >= 4 is 17.8 Å². The largest absolute Gasteiger partial charge is 0.480 e. The fraction of sp³-hybridized carbons (Fsp3) is 0.357. The molecule has 0 fully saturated rings. The van der Waals surface area contributed by atoms with E-state index in [1.54, 1.807) is 25.1 Å². The summed E-state index contributed by atoms with van der Waals surface area (Å²) in [5.74, 6) is -1.99. The van der Waals surface area contributed by atoms with Gasteiger partial charge in [0.25, 0.3) is 5.91 Å². The molecule has 0 aliphatic carbocycles. The van der Waals surface area contributed by atoms with Crippen LogP contribution >= 0.6 is 0 Å². The zero-order valence-corrected chi connectivity index (χ0v) is 11.5. The molecule has 108 valence electrons. The molecule has 1 aromatic carbocycles. The maximum absolute atomic E-state index is 11.8. The first kappa shape index (κ1) is 15.7. The summed E-state index contributed by atoms with van der Waals surface area (Å²) in [7, 11) is 0. The second-order valence-electron chi connectivity index (χ2n) is 4.42. The van der Waals surface area contributed by atoms with E-state index in [9.17, 15) is 14.4 Å². The summed E-state index contributed by atoms with van der Waals surface area (Å²) >= 11 is 0. The molecule has 1 unspecified atom stereocenters. The van der Waals surface area contributed by atoms with Crippen molar-refractivity contribution in [1.82, 2.24) is 10.6 Å². The summed E-state index contributed by atoms with van der Waals surface area (Å²) in [5, 5.41) is 13.6. The van der Waals surface area contributed by atoms with Crippen LogP contribution in [-0.4, -0.2) is 35.5 Å². The van der Waals surface area contributed by atoms with Crippen molar-refractivity contribution in [3.63, 3.8) is 0 Å². The standard InChI is InChI=1S/C14H18N2O4/c1-3-11(14(19)20)16-12(17)8-15-13(18)10-6-4-5-9(2)7-10/h4-7,11H,3,8H2,1-2H3,(H,15,18)(H,16,17)(H,19,20). The quantitative estimate of drug-likeness (QED) is 0.714. The lowest BCUT2D eigenvalue weighted by atomic mass is 10.1. The topological polar surface area (TPSA) is 95.5 Å². The van der Waals surface area contributed by atoms with Crippen molar-refractivity contribution in [2.75, 3.05) is 6.54 Å². The Morgan fingerprint density at radius 2 is 2.00 bits per heavy atom. The van der Waals surface area contributed by atoms with E-state index in [4.69, 9.17) is 5.11 Å². The number of hydrogen-bond donors (Lipinski definition) is 3. The molecule has 0 heterocycles. The van der Waals surface area contributed by atoms with Crippen LogP contribution in [0, 0.1) is 6.92 Å². The highest BCUT2D eigenvalue weighted by Gasteiger charge is 2.17. The third-order valence-corrected chi connectivity index (χ3v) is 2.73. The normalized spacial score (nSPS) is 11.5. The predicted molar refractivity (Wildman–Crippen MR) is 73.4 cm³/mol. The third-order valence-electron chi connectivity index (χ3n) is 2.73. The van der Waals surface area contributed by atoms with E-state index in [2.05, 4.69) is 10.6 Å². The van der Waals surface area contributed by atoms with Gasteiger partial charge >= 0.3 is 5.97 Å². The van der Waals surface area contributed by atoms with Gasteiger partial charge in [0.1, 0.15) is 6.04 Å². The Kier molecular flexibility index (Phi) is 5.71. The summed E-state index contributed by atoms with van der Waals surface area (Å²) in [4.78, 5) is 34.1. The lowest BCUT2D eigenvalue weighted by Crippen LogP contribution is -2.45. The lowest BCUT2D eigenvalue weighted by molar-refractivity contribution is -0.141. The molecule has 0 radical (unpaired) electrons. The van der Waals surface area contributed by atoms with Gasteiger partial charge in [-0.2, -0.15) is 0 Å². The van der Waals surface area contributed by atoms with Gasteiger partial charge in [0.15, 0.2) is 0 Å². The molecule has 0 saturated carbocycles. The maximum Gasteiger partial charge on any atom is 0.326 e. The van der Waals surface area contributed by atoms with Crippen LogP contribution < -0.4 is 10.6 Å². The van der Waals surface area contributed by atoms with Crippen LogP contribution in [0.4, 0.5) is 0 Å². The number of carboxylic acid groups (broad SMARTS) is 1. The van der Waals surface area contributed by atoms with Gasteiger partial charge in [-0.05, 0) is 25.5 Å². The third kappa shape index (κ3) is 4.72. The Hall–Kier alpha value is -2.37. The minimum Gasteiger partial charge on any atom is -0.480 e. The predicted octanol–water partition coefficient (Wildman–Crippen LogP) is 0.704. The van der Waals surface area contributed by atoms with Crippen molar-refractivity contribution in [2.45, 2.75) is 26.3 Å². The molecule has 0 spiro atoms. The molecule has 3 N–H and O–H groups in total. The number of aryl methyl sites for hydroxylation is 1. The van der Waals surface area contributed by atoms with Gasteiger partial charge in [-0.25, -0.2) is 4.79 Å². The average Bonchev–Trinajstić information content (AvgIpc) is 2.41. The molecule has 6 nitrogen and oxygen atoms in total. The number of benzene rings is 1. The Labute approximate surface area is 117 Å². The molecule has 1 rings (SSSR count). The SMILES string of the molecule is CCC(NC(=O)CNC(=O)c1cccc(C)c1)C(=O)O. The highest BCUT2D eigenvalue weighted by molar-refractivity contribution is 5.97. The number of aliphatic carboxylic acids is 1. The van der Waals surface area contributed by atoms with Gasteiger partial charge < -0.3 is 15.7 Å². The van der Waals surface area contributed by atoms with Crippen LogP contribution in [0.3, 0.4) is 0 Å². The molecule has 1 aromatic rings. The maximum atomic E-state index is 11.8. The molecule has 0 saturated heterocycles. The Balaban J connectivity index is 2.49. The number of amides is 2. The van der Waals surface area contributed by atoms with E-state index in [0.29, 0.717) is 5.56 Å². The average molecular weight is 278 g/mol. The van der Waals surface area contributed by atoms with Gasteiger partial charge in [-0.15, -0.1) is 0 Å². The summed E-state index contributed by atoms with van der Waals surface area (Å²) in [5.41, 5.74) is 1.40. The first-order valence-corrected chi connectivity index (χ1v) is 6.31. The highest BCUT2D eigenvalue weighted by Crippen LogP contribution is 2.03. The van der Waals surface area contributed by atoms with Crippen molar-refractivity contribution in [2.24, 2.45) is 0 Å². The number of carbonyl (C=O) groups excluding carboxylic acids is 2. The van der Waals surface area contributed by atoms with Gasteiger partial charge in [0.05, 0.1) is 6.54 Å². The van der Waals surface area contributed by atoms with Crippen LogP contribution in [0.5, 0.6) is 0 Å². The fourth-order valence-corrected chi connectivity index (χ4v) is 1.63. The van der Waals surface area contributed by atoms with Crippen LogP contribution in [-0.2, 0) is 9.59 Å². The van der Waals surface area contributed by atoms with E-state index in [-0.39, 0.29) is 18.9 Å². The van der Waals surface area contributed by atoms with Gasteiger partial charge in [0.2, 0.25) is 5.91 Å². The molecule has 0 aromatic heterocycles. The van der Waals surface area contributed by atoms with Crippen LogP contribution in [0.1, 0.15) is 29.3 Å². The molecular formula is C14H18N2O4. The molecule has 2 amide bonds. The zero-order valence-electron chi connectivity index (χ0n) is 11.5. The van der Waals surface area contributed by atoms with Gasteiger partial charge in [-0.1, -0.05) is 24.6 Å². The molecule has 0 bridgehead atoms. The monoisotopic (exact) mass is 278 g/mol. The molecule has 0 aliphatic rings. The molecular weight excluding hydrogens is 260 g/mol. The van der Waals surface area contributed by atoms with Crippen LogP contribution in [0.25, 0.3) is 0 Å². The lowest BCUT2D eigenvalue weighted by Gasteiger charge is -2.12. The molecule has 1 atom stereocenters. The smallest absolute Gasteiger partial charge is 0.326 e. The summed E-state index contributed by atoms with van der Waals surface area (Å²) < 4.78 is 0. The van der Waals surface area contributed by atoms with E-state index in [0.717, 1.165) is 5.56 Å². The van der Waals surface area contributed by atoms with Gasteiger partial charge in [-0.3, -0.25) is 9.59 Å². The van der Waals surface area contributed by atoms with E-state index in [1.807, 2.05) is 13.0 Å². The minimum absolute atomic E-state index is 0.253. The van der Waals surface area contributed by atoms with Crippen molar-refractivity contribution in [3.05, 3.63) is 35.4 Å². The highest BCUT2D eigenvalue weighted by atomic mass is 16.4. The summed E-state index contributed by atoms with van der Waals surface area (Å²) in [6.45, 7) is 3.27. The Morgan fingerprint density at radius 1 is 1.30 bits per heavy atom. The second-order valence-corrected chi connectivity index (χ2v) is 4.42.